The fraction of sp³-hybridized carbons (Fsp3) is 0.625. The summed E-state index contributed by atoms with van der Waals surface area (Å²) >= 11 is 6.38. The molecule has 0 atom stereocenters. The van der Waals surface area contributed by atoms with Crippen LogP contribution in [-0.4, -0.2) is 25.2 Å². The second kappa shape index (κ2) is 5.72. The van der Waals surface area contributed by atoms with E-state index in [2.05, 4.69) is 22.3 Å². The van der Waals surface area contributed by atoms with Crippen LogP contribution in [0, 0.1) is 0 Å². The molecule has 0 aromatic heterocycles. The molecule has 1 heterocycles. The zero-order valence-corrected chi connectivity index (χ0v) is 12.3. The Morgan fingerprint density at radius 3 is 2.63 bits per heavy atom. The van der Waals surface area contributed by atoms with Gasteiger partial charge < -0.3 is 10.2 Å². The number of nitrogens with one attached hydrogen (secondary N) is 1. The van der Waals surface area contributed by atoms with Crippen LogP contribution in [0.25, 0.3) is 0 Å². The van der Waals surface area contributed by atoms with E-state index in [1.807, 2.05) is 12.1 Å². The van der Waals surface area contributed by atoms with Crippen LogP contribution in [0.4, 0.5) is 5.69 Å². The zero-order valence-electron chi connectivity index (χ0n) is 11.5. The van der Waals surface area contributed by atoms with Gasteiger partial charge in [0.15, 0.2) is 0 Å². The number of nitrogens with zero attached hydrogens (tertiary/aromatic N) is 1. The van der Waals surface area contributed by atoms with E-state index >= 15 is 0 Å². The maximum Gasteiger partial charge on any atom is 0.0639 e. The van der Waals surface area contributed by atoms with Crippen molar-refractivity contribution < 1.29 is 0 Å². The van der Waals surface area contributed by atoms with Crippen molar-refractivity contribution in [1.29, 1.82) is 0 Å². The summed E-state index contributed by atoms with van der Waals surface area (Å²) < 4.78 is 0. The smallest absolute Gasteiger partial charge is 0.0639 e. The summed E-state index contributed by atoms with van der Waals surface area (Å²) in [4.78, 5) is 2.49. The van der Waals surface area contributed by atoms with Gasteiger partial charge in [0.1, 0.15) is 0 Å². The summed E-state index contributed by atoms with van der Waals surface area (Å²) in [5.74, 6) is 0. The molecular formula is C16H23ClN2. The molecule has 0 bridgehead atoms. The van der Waals surface area contributed by atoms with Gasteiger partial charge in [-0.15, -0.1) is 0 Å². The molecule has 3 heteroatoms. The maximum absolute atomic E-state index is 6.38. The van der Waals surface area contributed by atoms with Crippen molar-refractivity contribution in [1.82, 2.24) is 5.32 Å². The molecule has 2 fully saturated rings. The summed E-state index contributed by atoms with van der Waals surface area (Å²) in [6.45, 7) is 3.36. The number of halogens is 1. The van der Waals surface area contributed by atoms with Gasteiger partial charge in [-0.2, -0.15) is 0 Å². The van der Waals surface area contributed by atoms with E-state index in [0.717, 1.165) is 24.7 Å². The van der Waals surface area contributed by atoms with Crippen LogP contribution < -0.4 is 10.2 Å². The van der Waals surface area contributed by atoms with Crippen molar-refractivity contribution >= 4 is 17.3 Å². The third kappa shape index (κ3) is 2.90. The van der Waals surface area contributed by atoms with Gasteiger partial charge in [-0.05, 0) is 37.9 Å². The van der Waals surface area contributed by atoms with E-state index in [4.69, 9.17) is 11.6 Å². The highest BCUT2D eigenvalue weighted by Gasteiger charge is 2.35. The van der Waals surface area contributed by atoms with Crippen LogP contribution in [0.2, 0.25) is 5.02 Å². The summed E-state index contributed by atoms with van der Waals surface area (Å²) in [5.41, 5.74) is 1.53. The van der Waals surface area contributed by atoms with Gasteiger partial charge in [0.2, 0.25) is 0 Å². The predicted octanol–water partition coefficient (Wildman–Crippen LogP) is 3.84. The van der Waals surface area contributed by atoms with Gasteiger partial charge in [-0.25, -0.2) is 0 Å². The zero-order chi connectivity index (χ0) is 13.1. The standard InChI is InChI=1S/C16H23ClN2/c17-14-7-2-3-8-15(14)19-12-6-11-18-16(13-19)9-4-1-5-10-16/h2-3,7-8,18H,1,4-6,9-13H2. The minimum atomic E-state index is 0.327. The second-order valence-corrected chi connectivity index (χ2v) is 6.40. The average molecular weight is 279 g/mol. The minimum Gasteiger partial charge on any atom is -0.368 e. The lowest BCUT2D eigenvalue weighted by Gasteiger charge is -2.40. The van der Waals surface area contributed by atoms with Gasteiger partial charge in [-0.1, -0.05) is 43.0 Å². The number of hydrogen-bond acceptors (Lipinski definition) is 2. The summed E-state index contributed by atoms with van der Waals surface area (Å²) in [7, 11) is 0. The first-order valence-electron chi connectivity index (χ1n) is 7.54. The molecule has 104 valence electrons. The maximum atomic E-state index is 6.38. The minimum absolute atomic E-state index is 0.327. The molecule has 2 nitrogen and oxygen atoms in total. The number of benzene rings is 1. The Bertz CT molecular complexity index is 427. The number of hydrogen-bond donors (Lipinski definition) is 1. The normalized spacial score (nSPS) is 23.3. The molecule has 0 radical (unpaired) electrons. The van der Waals surface area contributed by atoms with E-state index in [9.17, 15) is 0 Å². The Labute approximate surface area is 121 Å². The van der Waals surface area contributed by atoms with Crippen LogP contribution in [0.15, 0.2) is 24.3 Å². The van der Waals surface area contributed by atoms with Crippen LogP contribution in [-0.2, 0) is 0 Å². The van der Waals surface area contributed by atoms with Crippen molar-refractivity contribution in [2.45, 2.75) is 44.1 Å². The van der Waals surface area contributed by atoms with Crippen LogP contribution in [0.1, 0.15) is 38.5 Å². The fourth-order valence-electron chi connectivity index (χ4n) is 3.60. The third-order valence-electron chi connectivity index (χ3n) is 4.60. The summed E-state index contributed by atoms with van der Waals surface area (Å²) in [5, 5.41) is 4.72. The number of rotatable bonds is 1. The third-order valence-corrected chi connectivity index (χ3v) is 4.92. The summed E-state index contributed by atoms with van der Waals surface area (Å²) in [6, 6.07) is 8.26. The van der Waals surface area contributed by atoms with Gasteiger partial charge in [0.25, 0.3) is 0 Å². The lowest BCUT2D eigenvalue weighted by Crippen LogP contribution is -2.52. The molecule has 1 aromatic rings. The molecule has 1 saturated carbocycles. The molecule has 1 aromatic carbocycles. The van der Waals surface area contributed by atoms with Crippen molar-refractivity contribution in [3.8, 4) is 0 Å². The van der Waals surface area contributed by atoms with Crippen LogP contribution in [0.5, 0.6) is 0 Å². The molecule has 1 aliphatic carbocycles. The molecule has 19 heavy (non-hydrogen) atoms. The lowest BCUT2D eigenvalue weighted by atomic mass is 9.81. The number of para-hydroxylation sites is 1. The van der Waals surface area contributed by atoms with Crippen molar-refractivity contribution in [3.63, 3.8) is 0 Å². The lowest BCUT2D eigenvalue weighted by molar-refractivity contribution is 0.246. The van der Waals surface area contributed by atoms with Gasteiger partial charge in [0, 0.05) is 18.6 Å². The van der Waals surface area contributed by atoms with E-state index in [0.29, 0.717) is 5.54 Å². The van der Waals surface area contributed by atoms with E-state index in [-0.39, 0.29) is 0 Å². The molecule has 1 spiro atoms. The predicted molar refractivity (Wildman–Crippen MR) is 82.1 cm³/mol. The average Bonchev–Trinajstić information content (AvgIpc) is 2.63. The highest BCUT2D eigenvalue weighted by atomic mass is 35.5. The Balaban J connectivity index is 1.83. The Kier molecular flexibility index (Phi) is 3.99. The molecule has 0 unspecified atom stereocenters. The molecule has 0 amide bonds. The Morgan fingerprint density at radius 1 is 1.05 bits per heavy atom. The Morgan fingerprint density at radius 2 is 1.84 bits per heavy atom. The molecule has 1 aliphatic heterocycles. The highest BCUT2D eigenvalue weighted by molar-refractivity contribution is 6.33. The quantitative estimate of drug-likeness (QED) is 0.840. The first kappa shape index (κ1) is 13.3. The molecule has 2 aliphatic rings. The van der Waals surface area contributed by atoms with Crippen molar-refractivity contribution in [3.05, 3.63) is 29.3 Å². The van der Waals surface area contributed by atoms with E-state index in [1.165, 1.54) is 44.2 Å². The van der Waals surface area contributed by atoms with Gasteiger partial charge in [-0.3, -0.25) is 0 Å². The SMILES string of the molecule is Clc1ccccc1N1CCCNC2(CCCCC2)C1. The Hall–Kier alpha value is -0.730. The summed E-state index contributed by atoms with van der Waals surface area (Å²) in [6.07, 6.45) is 7.96. The van der Waals surface area contributed by atoms with Crippen molar-refractivity contribution in [2.75, 3.05) is 24.5 Å². The topological polar surface area (TPSA) is 15.3 Å². The monoisotopic (exact) mass is 278 g/mol. The fourth-order valence-corrected chi connectivity index (χ4v) is 3.86. The second-order valence-electron chi connectivity index (χ2n) is 5.99. The van der Waals surface area contributed by atoms with Crippen LogP contribution >= 0.6 is 11.6 Å². The van der Waals surface area contributed by atoms with Gasteiger partial charge >= 0.3 is 0 Å². The van der Waals surface area contributed by atoms with Crippen LogP contribution in [0.3, 0.4) is 0 Å². The number of anilines is 1. The van der Waals surface area contributed by atoms with Gasteiger partial charge in [0.05, 0.1) is 10.7 Å². The molecule has 3 rings (SSSR count). The van der Waals surface area contributed by atoms with Crippen molar-refractivity contribution in [2.24, 2.45) is 0 Å². The first-order valence-corrected chi connectivity index (χ1v) is 7.91. The highest BCUT2D eigenvalue weighted by Crippen LogP contribution is 2.34. The van der Waals surface area contributed by atoms with E-state index in [1.54, 1.807) is 0 Å². The molecule has 1 N–H and O–H groups in total. The molecular weight excluding hydrogens is 256 g/mol. The molecule has 1 saturated heterocycles. The van der Waals surface area contributed by atoms with E-state index < -0.39 is 0 Å². The first-order chi connectivity index (χ1) is 9.29. The largest absolute Gasteiger partial charge is 0.368 e.